The van der Waals surface area contributed by atoms with E-state index in [-0.39, 0.29) is 5.91 Å². The van der Waals surface area contributed by atoms with Crippen molar-refractivity contribution < 1.29 is 9.18 Å². The van der Waals surface area contributed by atoms with Gasteiger partial charge in [0.25, 0.3) is 5.91 Å². The molecule has 2 aromatic carbocycles. The molecule has 5 heteroatoms. The molecule has 0 atom stereocenters. The van der Waals surface area contributed by atoms with E-state index in [0.717, 1.165) is 5.69 Å². The Balaban J connectivity index is 1.85. The Bertz CT molecular complexity index is 924. The lowest BCUT2D eigenvalue weighted by molar-refractivity contribution is 0.102. The predicted molar refractivity (Wildman–Crippen MR) is 87.3 cm³/mol. The number of amides is 1. The van der Waals surface area contributed by atoms with Crippen molar-refractivity contribution in [2.45, 2.75) is 0 Å². The van der Waals surface area contributed by atoms with Crippen molar-refractivity contribution in [2.24, 2.45) is 0 Å². The zero-order valence-electron chi connectivity index (χ0n) is 12.0. The summed E-state index contributed by atoms with van der Waals surface area (Å²) in [5, 5.41) is 6.10. The minimum absolute atomic E-state index is 0.198. The number of rotatable bonds is 1. The van der Waals surface area contributed by atoms with Crippen LogP contribution in [0, 0.1) is 5.95 Å². The Hall–Kier alpha value is -3.21. The van der Waals surface area contributed by atoms with E-state index in [9.17, 15) is 9.18 Å². The fourth-order valence-electron chi connectivity index (χ4n) is 2.65. The monoisotopic (exact) mass is 305 g/mol. The molecule has 2 N–H and O–H groups in total. The molecule has 3 aromatic rings. The first kappa shape index (κ1) is 13.5. The second-order valence-electron chi connectivity index (χ2n) is 5.23. The second kappa shape index (κ2) is 5.21. The molecule has 0 unspecified atom stereocenters. The summed E-state index contributed by atoms with van der Waals surface area (Å²) in [6.07, 6.45) is 1.41. The zero-order chi connectivity index (χ0) is 15.8. The summed E-state index contributed by atoms with van der Waals surface area (Å²) in [7, 11) is 0. The zero-order valence-corrected chi connectivity index (χ0v) is 12.0. The molecular formula is C18H12FN3O. The number of nitrogens with one attached hydrogen (secondary N) is 2. The Morgan fingerprint density at radius 2 is 1.61 bits per heavy atom. The molecule has 1 aliphatic rings. The van der Waals surface area contributed by atoms with E-state index in [1.165, 1.54) is 6.20 Å². The van der Waals surface area contributed by atoms with E-state index < -0.39 is 5.95 Å². The van der Waals surface area contributed by atoms with Crippen molar-refractivity contribution in [3.05, 3.63) is 72.3 Å². The lowest BCUT2D eigenvalue weighted by atomic mass is 10.0. The molecule has 2 heterocycles. The summed E-state index contributed by atoms with van der Waals surface area (Å²) in [6.45, 7) is 0. The average molecular weight is 305 g/mol. The van der Waals surface area contributed by atoms with Gasteiger partial charge in [-0.15, -0.1) is 0 Å². The lowest BCUT2D eigenvalue weighted by Crippen LogP contribution is -2.10. The molecule has 0 saturated heterocycles. The summed E-state index contributed by atoms with van der Waals surface area (Å²) in [5.41, 5.74) is 3.71. The van der Waals surface area contributed by atoms with Crippen LogP contribution in [0.2, 0.25) is 0 Å². The standard InChI is InChI=1S/C18H12FN3O/c19-17-12(4-3-9-20-17)11-7-8-13-16(10-11)21-14-5-1-2-6-15(14)22-18(13)23/h1-10,21H,(H,22,23). The minimum Gasteiger partial charge on any atom is -0.353 e. The highest BCUT2D eigenvalue weighted by Gasteiger charge is 2.19. The third kappa shape index (κ3) is 2.32. The number of benzene rings is 2. The van der Waals surface area contributed by atoms with Gasteiger partial charge in [-0.2, -0.15) is 4.39 Å². The number of halogens is 1. The summed E-state index contributed by atoms with van der Waals surface area (Å²) in [4.78, 5) is 16.0. The second-order valence-corrected chi connectivity index (χ2v) is 5.23. The van der Waals surface area contributed by atoms with Gasteiger partial charge in [-0.1, -0.05) is 18.2 Å². The molecular weight excluding hydrogens is 293 g/mol. The number of pyridine rings is 1. The molecule has 4 nitrogen and oxygen atoms in total. The molecule has 0 fully saturated rings. The van der Waals surface area contributed by atoms with Gasteiger partial charge in [0.15, 0.2) is 0 Å². The summed E-state index contributed by atoms with van der Waals surface area (Å²) in [5.74, 6) is -0.735. The highest BCUT2D eigenvalue weighted by Crippen LogP contribution is 2.34. The van der Waals surface area contributed by atoms with Gasteiger partial charge in [0.05, 0.1) is 22.6 Å². The quantitative estimate of drug-likeness (QED) is 0.663. The van der Waals surface area contributed by atoms with Gasteiger partial charge in [-0.25, -0.2) is 4.98 Å². The van der Waals surface area contributed by atoms with Crippen LogP contribution in [0.4, 0.5) is 21.5 Å². The molecule has 0 bridgehead atoms. The number of hydrogen-bond donors (Lipinski definition) is 2. The number of hydrogen-bond acceptors (Lipinski definition) is 3. The van der Waals surface area contributed by atoms with Crippen LogP contribution in [0.15, 0.2) is 60.8 Å². The van der Waals surface area contributed by atoms with Crippen molar-refractivity contribution >= 4 is 23.0 Å². The van der Waals surface area contributed by atoms with Crippen LogP contribution in [0.1, 0.15) is 10.4 Å². The highest BCUT2D eigenvalue weighted by molar-refractivity contribution is 6.12. The SMILES string of the molecule is O=C1Nc2ccccc2Nc2cc(-c3cccnc3F)ccc21. The third-order valence-electron chi connectivity index (χ3n) is 3.78. The Morgan fingerprint density at radius 3 is 2.39 bits per heavy atom. The van der Waals surface area contributed by atoms with Gasteiger partial charge in [-0.3, -0.25) is 4.79 Å². The van der Waals surface area contributed by atoms with Crippen LogP contribution in [0.5, 0.6) is 0 Å². The first-order valence-corrected chi connectivity index (χ1v) is 7.15. The van der Waals surface area contributed by atoms with E-state index in [1.807, 2.05) is 24.3 Å². The van der Waals surface area contributed by atoms with E-state index in [2.05, 4.69) is 15.6 Å². The number of nitrogens with zero attached hydrogens (tertiary/aromatic N) is 1. The van der Waals surface area contributed by atoms with E-state index >= 15 is 0 Å². The van der Waals surface area contributed by atoms with E-state index in [0.29, 0.717) is 28.1 Å². The molecule has 0 aliphatic carbocycles. The van der Waals surface area contributed by atoms with Crippen LogP contribution < -0.4 is 10.6 Å². The highest BCUT2D eigenvalue weighted by atomic mass is 19.1. The maximum atomic E-state index is 13.9. The maximum absolute atomic E-state index is 13.9. The molecule has 0 saturated carbocycles. The van der Waals surface area contributed by atoms with Gasteiger partial charge < -0.3 is 10.6 Å². The van der Waals surface area contributed by atoms with Gasteiger partial charge in [0.1, 0.15) is 0 Å². The largest absolute Gasteiger partial charge is 0.353 e. The van der Waals surface area contributed by atoms with Gasteiger partial charge in [0, 0.05) is 11.8 Å². The number of para-hydroxylation sites is 2. The average Bonchev–Trinajstić information content (AvgIpc) is 2.70. The molecule has 0 spiro atoms. The van der Waals surface area contributed by atoms with Gasteiger partial charge >= 0.3 is 0 Å². The molecule has 1 amide bonds. The van der Waals surface area contributed by atoms with E-state index in [1.54, 1.807) is 30.3 Å². The number of carbonyl (C=O) groups excluding carboxylic acids is 1. The van der Waals surface area contributed by atoms with Crippen LogP contribution in [0.25, 0.3) is 11.1 Å². The summed E-state index contributed by atoms with van der Waals surface area (Å²) >= 11 is 0. The maximum Gasteiger partial charge on any atom is 0.257 e. The molecule has 1 aromatic heterocycles. The number of anilines is 3. The Morgan fingerprint density at radius 1 is 0.826 bits per heavy atom. The summed E-state index contributed by atoms with van der Waals surface area (Å²) in [6, 6.07) is 15.9. The van der Waals surface area contributed by atoms with Crippen LogP contribution >= 0.6 is 0 Å². The smallest absolute Gasteiger partial charge is 0.257 e. The van der Waals surface area contributed by atoms with Crippen LogP contribution in [0.3, 0.4) is 0 Å². The van der Waals surface area contributed by atoms with E-state index in [4.69, 9.17) is 0 Å². The number of fused-ring (bicyclic) bond motifs is 2. The molecule has 23 heavy (non-hydrogen) atoms. The Kier molecular flexibility index (Phi) is 3.05. The summed E-state index contributed by atoms with van der Waals surface area (Å²) < 4.78 is 13.9. The number of carbonyl (C=O) groups is 1. The molecule has 112 valence electrons. The van der Waals surface area contributed by atoms with Gasteiger partial charge in [-0.05, 0) is 42.0 Å². The normalized spacial score (nSPS) is 12.5. The van der Waals surface area contributed by atoms with Crippen molar-refractivity contribution in [3.63, 3.8) is 0 Å². The Labute approximate surface area is 132 Å². The van der Waals surface area contributed by atoms with Crippen molar-refractivity contribution in [1.29, 1.82) is 0 Å². The molecule has 4 rings (SSSR count). The van der Waals surface area contributed by atoms with Crippen LogP contribution in [-0.2, 0) is 0 Å². The third-order valence-corrected chi connectivity index (χ3v) is 3.78. The fourth-order valence-corrected chi connectivity index (χ4v) is 2.65. The van der Waals surface area contributed by atoms with Crippen molar-refractivity contribution in [1.82, 2.24) is 4.98 Å². The van der Waals surface area contributed by atoms with Crippen molar-refractivity contribution in [3.8, 4) is 11.1 Å². The topological polar surface area (TPSA) is 54.0 Å². The first-order chi connectivity index (χ1) is 11.2. The molecule has 1 aliphatic heterocycles. The van der Waals surface area contributed by atoms with Crippen LogP contribution in [-0.4, -0.2) is 10.9 Å². The number of aromatic nitrogens is 1. The lowest BCUT2D eigenvalue weighted by Gasteiger charge is -2.10. The fraction of sp³-hybridized carbons (Fsp3) is 0. The molecule has 0 radical (unpaired) electrons. The van der Waals surface area contributed by atoms with Crippen molar-refractivity contribution in [2.75, 3.05) is 10.6 Å². The van der Waals surface area contributed by atoms with Gasteiger partial charge in [0.2, 0.25) is 5.95 Å². The predicted octanol–water partition coefficient (Wildman–Crippen LogP) is 4.20. The first-order valence-electron chi connectivity index (χ1n) is 7.15. The minimum atomic E-state index is -0.536.